The summed E-state index contributed by atoms with van der Waals surface area (Å²) in [7, 11) is -3.21. The molecule has 0 atom stereocenters. The molecule has 0 radical (unpaired) electrons. The molecule has 0 aliphatic carbocycles. The first-order valence-corrected chi connectivity index (χ1v) is 11.3. The highest BCUT2D eigenvalue weighted by Gasteiger charge is 2.30. The lowest BCUT2D eigenvalue weighted by molar-refractivity contribution is -0.122. The number of thiazole rings is 1. The second-order valence-electron chi connectivity index (χ2n) is 6.43. The highest BCUT2D eigenvalue weighted by molar-refractivity contribution is 7.89. The van der Waals surface area contributed by atoms with Crippen LogP contribution in [0.25, 0.3) is 0 Å². The van der Waals surface area contributed by atoms with Crippen LogP contribution in [0.4, 0.5) is 4.39 Å². The van der Waals surface area contributed by atoms with Gasteiger partial charge in [-0.1, -0.05) is 18.2 Å². The molecule has 1 aliphatic heterocycles. The molecule has 27 heavy (non-hydrogen) atoms. The maximum Gasteiger partial charge on any atom is 0.251 e. The van der Waals surface area contributed by atoms with Crippen LogP contribution >= 0.6 is 11.3 Å². The number of carbonyl (C=O) groups excluding carboxylic acids is 1. The topological polar surface area (TPSA) is 71.7 Å². The number of carbonyl (C=O) groups is 1. The van der Waals surface area contributed by atoms with Crippen molar-refractivity contribution in [2.24, 2.45) is 10.9 Å². The lowest BCUT2D eigenvalue weighted by atomic mass is 9.98. The molecule has 0 saturated carbocycles. The van der Waals surface area contributed by atoms with Gasteiger partial charge in [0.2, 0.25) is 10.0 Å². The van der Waals surface area contributed by atoms with Crippen LogP contribution < -0.4 is 4.80 Å². The highest BCUT2D eigenvalue weighted by Crippen LogP contribution is 2.21. The summed E-state index contributed by atoms with van der Waals surface area (Å²) in [5, 5.41) is 1.81. The molecule has 0 unspecified atom stereocenters. The highest BCUT2D eigenvalue weighted by atomic mass is 32.2. The molecular formula is C18H22FN3O3S2. The Bertz CT molecular complexity index is 973. The first-order valence-electron chi connectivity index (χ1n) is 8.84. The number of rotatable bonds is 5. The van der Waals surface area contributed by atoms with E-state index in [1.165, 1.54) is 21.7 Å². The average Bonchev–Trinajstić information content (AvgIpc) is 3.10. The Kier molecular flexibility index (Phi) is 6.23. The van der Waals surface area contributed by atoms with Gasteiger partial charge < -0.3 is 4.57 Å². The summed E-state index contributed by atoms with van der Waals surface area (Å²) in [6.07, 6.45) is 2.72. The van der Waals surface area contributed by atoms with Crippen molar-refractivity contribution in [2.75, 3.05) is 18.8 Å². The van der Waals surface area contributed by atoms with Gasteiger partial charge in [-0.25, -0.2) is 17.1 Å². The number of benzene rings is 1. The third kappa shape index (κ3) is 4.72. The molecule has 2 aromatic rings. The van der Waals surface area contributed by atoms with Gasteiger partial charge in [0.05, 0.1) is 12.3 Å². The molecule has 6 nitrogen and oxygen atoms in total. The van der Waals surface area contributed by atoms with Crippen LogP contribution in [0.2, 0.25) is 0 Å². The molecule has 0 bridgehead atoms. The van der Waals surface area contributed by atoms with Gasteiger partial charge in [0.1, 0.15) is 5.82 Å². The normalized spacial score (nSPS) is 17.3. The van der Waals surface area contributed by atoms with Crippen molar-refractivity contribution >= 4 is 27.3 Å². The Morgan fingerprint density at radius 3 is 2.67 bits per heavy atom. The second-order valence-corrected chi connectivity index (χ2v) is 9.56. The minimum atomic E-state index is -3.21. The van der Waals surface area contributed by atoms with E-state index in [9.17, 15) is 17.6 Å². The van der Waals surface area contributed by atoms with Crippen LogP contribution in [0.1, 0.15) is 25.3 Å². The summed E-state index contributed by atoms with van der Waals surface area (Å²) in [5.41, 5.74) is 0.530. The molecule has 1 amide bonds. The molecule has 1 aromatic heterocycles. The average molecular weight is 412 g/mol. The third-order valence-corrected chi connectivity index (χ3v) is 7.40. The molecule has 1 aromatic carbocycles. The van der Waals surface area contributed by atoms with Crippen molar-refractivity contribution in [3.05, 3.63) is 52.0 Å². The smallest absolute Gasteiger partial charge is 0.251 e. The van der Waals surface area contributed by atoms with Gasteiger partial charge >= 0.3 is 0 Å². The van der Waals surface area contributed by atoms with Crippen molar-refractivity contribution in [1.82, 2.24) is 8.87 Å². The zero-order valence-electron chi connectivity index (χ0n) is 15.0. The van der Waals surface area contributed by atoms with E-state index in [0.29, 0.717) is 42.8 Å². The van der Waals surface area contributed by atoms with E-state index in [-0.39, 0.29) is 23.4 Å². The molecule has 1 fully saturated rings. The lowest BCUT2D eigenvalue weighted by Crippen LogP contribution is -2.41. The maximum atomic E-state index is 13.9. The summed E-state index contributed by atoms with van der Waals surface area (Å²) in [6.45, 7) is 2.62. The number of piperidine rings is 1. The van der Waals surface area contributed by atoms with E-state index in [0.717, 1.165) is 0 Å². The van der Waals surface area contributed by atoms with Gasteiger partial charge in [0.25, 0.3) is 5.91 Å². The Morgan fingerprint density at radius 2 is 2.00 bits per heavy atom. The number of hydrogen-bond acceptors (Lipinski definition) is 4. The SMILES string of the molecule is CCS(=O)(=O)N1CCC(C(=O)N=c2sccn2Cc2ccccc2F)CC1. The van der Waals surface area contributed by atoms with E-state index in [4.69, 9.17) is 0 Å². The Balaban J connectivity index is 1.71. The fourth-order valence-corrected chi connectivity index (χ4v) is 4.93. The predicted octanol–water partition coefficient (Wildman–Crippen LogP) is 2.23. The zero-order chi connectivity index (χ0) is 19.4. The largest absolute Gasteiger partial charge is 0.319 e. The molecule has 146 valence electrons. The molecule has 3 rings (SSSR count). The first kappa shape index (κ1) is 19.9. The fourth-order valence-electron chi connectivity index (χ4n) is 3.07. The quantitative estimate of drug-likeness (QED) is 0.757. The third-order valence-electron chi connectivity index (χ3n) is 4.73. The van der Waals surface area contributed by atoms with Gasteiger partial charge in [-0.3, -0.25) is 4.79 Å². The molecule has 0 spiro atoms. The van der Waals surface area contributed by atoms with Crippen molar-refractivity contribution in [2.45, 2.75) is 26.3 Å². The Hall–Kier alpha value is -1.84. The van der Waals surface area contributed by atoms with Crippen LogP contribution in [0.3, 0.4) is 0 Å². The monoisotopic (exact) mass is 411 g/mol. The minimum Gasteiger partial charge on any atom is -0.319 e. The second kappa shape index (κ2) is 8.45. The number of hydrogen-bond donors (Lipinski definition) is 0. The van der Waals surface area contributed by atoms with Crippen LogP contribution in [0, 0.1) is 11.7 Å². The number of aromatic nitrogens is 1. The summed E-state index contributed by atoms with van der Waals surface area (Å²) in [6, 6.07) is 6.51. The summed E-state index contributed by atoms with van der Waals surface area (Å²) in [5.74, 6) is -0.745. The van der Waals surface area contributed by atoms with E-state index in [1.807, 2.05) is 5.38 Å². The van der Waals surface area contributed by atoms with Gasteiger partial charge in [0, 0.05) is 36.1 Å². The molecule has 0 N–H and O–H groups in total. The summed E-state index contributed by atoms with van der Waals surface area (Å²) in [4.78, 5) is 17.3. The van der Waals surface area contributed by atoms with E-state index < -0.39 is 10.0 Å². The number of halogens is 1. The number of nitrogens with zero attached hydrogens (tertiary/aromatic N) is 3. The Morgan fingerprint density at radius 1 is 1.30 bits per heavy atom. The lowest BCUT2D eigenvalue weighted by Gasteiger charge is -2.29. The van der Waals surface area contributed by atoms with Crippen LogP contribution in [0.15, 0.2) is 40.8 Å². The summed E-state index contributed by atoms with van der Waals surface area (Å²) < 4.78 is 40.9. The molecule has 1 aliphatic rings. The maximum absolute atomic E-state index is 13.9. The van der Waals surface area contributed by atoms with Crippen LogP contribution in [0.5, 0.6) is 0 Å². The molecule has 1 saturated heterocycles. The standard InChI is InChI=1S/C18H22FN3O3S2/c1-2-27(24,25)22-9-7-14(8-10-22)17(23)20-18-21(11-12-26-18)13-15-5-3-4-6-16(15)19/h3-6,11-12,14H,2,7-10,13H2,1H3. The Labute approximate surface area is 162 Å². The van der Waals surface area contributed by atoms with E-state index >= 15 is 0 Å². The number of amides is 1. The van der Waals surface area contributed by atoms with Crippen molar-refractivity contribution in [3.8, 4) is 0 Å². The van der Waals surface area contributed by atoms with Crippen LogP contribution in [-0.4, -0.2) is 42.0 Å². The van der Waals surface area contributed by atoms with Crippen LogP contribution in [-0.2, 0) is 21.4 Å². The van der Waals surface area contributed by atoms with Crippen molar-refractivity contribution < 1.29 is 17.6 Å². The zero-order valence-corrected chi connectivity index (χ0v) is 16.7. The van der Waals surface area contributed by atoms with Gasteiger partial charge in [-0.2, -0.15) is 4.99 Å². The van der Waals surface area contributed by atoms with E-state index in [2.05, 4.69) is 4.99 Å². The first-order chi connectivity index (χ1) is 12.9. The number of sulfonamides is 1. The van der Waals surface area contributed by atoms with Crippen molar-refractivity contribution in [1.29, 1.82) is 0 Å². The molecular weight excluding hydrogens is 389 g/mol. The van der Waals surface area contributed by atoms with Gasteiger partial charge in [-0.15, -0.1) is 11.3 Å². The van der Waals surface area contributed by atoms with Gasteiger partial charge in [-0.05, 0) is 25.8 Å². The minimum absolute atomic E-state index is 0.0707. The van der Waals surface area contributed by atoms with Crippen molar-refractivity contribution in [3.63, 3.8) is 0 Å². The van der Waals surface area contributed by atoms with Gasteiger partial charge in [0.15, 0.2) is 4.80 Å². The van der Waals surface area contributed by atoms with E-state index in [1.54, 1.807) is 35.9 Å². The predicted molar refractivity (Wildman–Crippen MR) is 102 cm³/mol. The fraction of sp³-hybridized carbons (Fsp3) is 0.444. The molecule has 9 heteroatoms. The molecule has 2 heterocycles. The summed E-state index contributed by atoms with van der Waals surface area (Å²) >= 11 is 1.32.